The average molecular weight is 324 g/mol. The predicted octanol–water partition coefficient (Wildman–Crippen LogP) is 4.47. The summed E-state index contributed by atoms with van der Waals surface area (Å²) in [4.78, 5) is 11.5. The van der Waals surface area contributed by atoms with E-state index < -0.39 is 0 Å². The summed E-state index contributed by atoms with van der Waals surface area (Å²) in [6, 6.07) is 20.4. The van der Waals surface area contributed by atoms with Crippen LogP contribution < -0.4 is 0 Å². The van der Waals surface area contributed by atoms with Crippen LogP contribution in [0, 0.1) is 0 Å². The van der Waals surface area contributed by atoms with Crippen LogP contribution >= 0.6 is 0 Å². The maximum Gasteiger partial charge on any atom is 0.184 e. The van der Waals surface area contributed by atoms with E-state index in [9.17, 15) is 4.79 Å². The minimum atomic E-state index is -0.384. The second-order valence-electron chi connectivity index (χ2n) is 6.42. The van der Waals surface area contributed by atoms with Gasteiger partial charge in [-0.3, -0.25) is 4.79 Å². The van der Waals surface area contributed by atoms with Crippen LogP contribution in [0.1, 0.15) is 43.6 Å². The maximum atomic E-state index is 11.5. The predicted molar refractivity (Wildman–Crippen MR) is 93.6 cm³/mol. The molecule has 0 saturated carbocycles. The highest BCUT2D eigenvalue weighted by Crippen LogP contribution is 2.32. The van der Waals surface area contributed by atoms with Gasteiger partial charge in [0.1, 0.15) is 5.78 Å². The lowest BCUT2D eigenvalue weighted by atomic mass is 9.99. The van der Waals surface area contributed by atoms with Gasteiger partial charge in [0.2, 0.25) is 0 Å². The molecule has 3 nitrogen and oxygen atoms in total. The zero-order chi connectivity index (χ0) is 16.8. The highest BCUT2D eigenvalue weighted by atomic mass is 16.7. The number of Topliss-reactive ketones (excluding diaryl/α,β-unsaturated/α-hetero) is 1. The summed E-state index contributed by atoms with van der Waals surface area (Å²) in [7, 11) is 0. The van der Waals surface area contributed by atoms with Crippen molar-refractivity contribution in [2.45, 2.75) is 51.1 Å². The van der Waals surface area contributed by atoms with Gasteiger partial charge in [0, 0.05) is 18.4 Å². The lowest BCUT2D eigenvalue weighted by molar-refractivity contribution is -0.248. The topological polar surface area (TPSA) is 35.5 Å². The fourth-order valence-corrected chi connectivity index (χ4v) is 3.16. The van der Waals surface area contributed by atoms with Crippen molar-refractivity contribution in [1.29, 1.82) is 0 Å². The minimum Gasteiger partial charge on any atom is -0.345 e. The molecular formula is C21H24O3. The fourth-order valence-electron chi connectivity index (χ4n) is 3.16. The Morgan fingerprint density at radius 3 is 2.25 bits per heavy atom. The molecule has 1 fully saturated rings. The first-order valence-corrected chi connectivity index (χ1v) is 8.60. The Bertz CT molecular complexity index is 639. The van der Waals surface area contributed by atoms with Gasteiger partial charge >= 0.3 is 0 Å². The standard InChI is InChI=1S/C21H24O3/c1-16(22)14-20-15-19(13-12-17-8-4-2-5-9-17)23-21(24-20)18-10-6-3-7-11-18/h2-11,19-21H,12-15H2,1H3/t19-,20+,21-/m1/s1. The quantitative estimate of drug-likeness (QED) is 0.786. The van der Waals surface area contributed by atoms with Crippen LogP contribution in [0.4, 0.5) is 0 Å². The Labute approximate surface area is 143 Å². The molecule has 1 saturated heterocycles. The fraction of sp³-hybridized carbons (Fsp3) is 0.381. The number of hydrogen-bond acceptors (Lipinski definition) is 3. The number of ketones is 1. The molecule has 1 aliphatic heterocycles. The third-order valence-corrected chi connectivity index (χ3v) is 4.34. The van der Waals surface area contributed by atoms with Crippen molar-refractivity contribution in [3.05, 3.63) is 71.8 Å². The SMILES string of the molecule is CC(=O)C[C@H]1C[C@@H](CCc2ccccc2)O[C@@H](c2ccccc2)O1. The first-order chi connectivity index (χ1) is 11.7. The zero-order valence-electron chi connectivity index (χ0n) is 14.1. The third-order valence-electron chi connectivity index (χ3n) is 4.34. The molecular weight excluding hydrogens is 300 g/mol. The van der Waals surface area contributed by atoms with Gasteiger partial charge in [-0.1, -0.05) is 60.7 Å². The van der Waals surface area contributed by atoms with Crippen molar-refractivity contribution in [2.75, 3.05) is 0 Å². The van der Waals surface area contributed by atoms with Crippen molar-refractivity contribution in [3.8, 4) is 0 Å². The molecule has 1 heterocycles. The molecule has 0 unspecified atom stereocenters. The van der Waals surface area contributed by atoms with Gasteiger partial charge in [0.05, 0.1) is 12.2 Å². The summed E-state index contributed by atoms with van der Waals surface area (Å²) in [5.41, 5.74) is 2.32. The van der Waals surface area contributed by atoms with E-state index in [0.29, 0.717) is 6.42 Å². The van der Waals surface area contributed by atoms with E-state index in [1.54, 1.807) is 6.92 Å². The Morgan fingerprint density at radius 2 is 1.58 bits per heavy atom. The highest BCUT2D eigenvalue weighted by Gasteiger charge is 2.31. The maximum absolute atomic E-state index is 11.5. The summed E-state index contributed by atoms with van der Waals surface area (Å²) in [6.07, 6.45) is 2.79. The van der Waals surface area contributed by atoms with Crippen molar-refractivity contribution in [1.82, 2.24) is 0 Å². The average Bonchev–Trinajstić information content (AvgIpc) is 2.61. The molecule has 3 heteroatoms. The molecule has 0 N–H and O–H groups in total. The van der Waals surface area contributed by atoms with Crippen LogP contribution in [-0.2, 0) is 20.7 Å². The molecule has 0 aliphatic carbocycles. The molecule has 1 aliphatic rings. The van der Waals surface area contributed by atoms with Crippen molar-refractivity contribution in [3.63, 3.8) is 0 Å². The Morgan fingerprint density at radius 1 is 0.958 bits per heavy atom. The number of benzene rings is 2. The summed E-state index contributed by atoms with van der Waals surface area (Å²) in [5, 5.41) is 0. The smallest absolute Gasteiger partial charge is 0.184 e. The van der Waals surface area contributed by atoms with Gasteiger partial charge in [0.15, 0.2) is 6.29 Å². The second-order valence-corrected chi connectivity index (χ2v) is 6.42. The summed E-state index contributed by atoms with van der Waals surface area (Å²) in [6.45, 7) is 1.62. The van der Waals surface area contributed by atoms with Crippen LogP contribution in [0.15, 0.2) is 60.7 Å². The van der Waals surface area contributed by atoms with Crippen molar-refractivity contribution >= 4 is 5.78 Å². The van der Waals surface area contributed by atoms with Gasteiger partial charge in [-0.05, 0) is 25.3 Å². The first-order valence-electron chi connectivity index (χ1n) is 8.60. The molecule has 2 aromatic rings. The summed E-state index contributed by atoms with van der Waals surface area (Å²) < 4.78 is 12.2. The van der Waals surface area contributed by atoms with Gasteiger partial charge in [0.25, 0.3) is 0 Å². The first kappa shape index (κ1) is 16.9. The van der Waals surface area contributed by atoms with E-state index in [2.05, 4.69) is 24.3 Å². The molecule has 0 amide bonds. The third kappa shape index (κ3) is 4.76. The number of hydrogen-bond donors (Lipinski definition) is 0. The molecule has 0 spiro atoms. The molecule has 24 heavy (non-hydrogen) atoms. The van der Waals surface area contributed by atoms with Crippen molar-refractivity contribution in [2.24, 2.45) is 0 Å². The van der Waals surface area contributed by atoms with E-state index >= 15 is 0 Å². The molecule has 2 aromatic carbocycles. The second kappa shape index (κ2) is 8.22. The Kier molecular flexibility index (Phi) is 5.78. The molecule has 3 rings (SSSR count). The van der Waals surface area contributed by atoms with Crippen LogP contribution in [0.3, 0.4) is 0 Å². The lowest BCUT2D eigenvalue weighted by Crippen LogP contribution is -2.35. The minimum absolute atomic E-state index is 0.0674. The number of ether oxygens (including phenoxy) is 2. The number of rotatable bonds is 6. The van der Waals surface area contributed by atoms with Gasteiger partial charge < -0.3 is 9.47 Å². The molecule has 126 valence electrons. The van der Waals surface area contributed by atoms with Crippen LogP contribution in [0.25, 0.3) is 0 Å². The van der Waals surface area contributed by atoms with E-state index in [1.807, 2.05) is 36.4 Å². The zero-order valence-corrected chi connectivity index (χ0v) is 14.1. The highest BCUT2D eigenvalue weighted by molar-refractivity contribution is 5.76. The Balaban J connectivity index is 1.67. The van der Waals surface area contributed by atoms with Gasteiger partial charge in [-0.2, -0.15) is 0 Å². The summed E-state index contributed by atoms with van der Waals surface area (Å²) in [5.74, 6) is 0.163. The van der Waals surface area contributed by atoms with E-state index in [0.717, 1.165) is 24.8 Å². The lowest BCUT2D eigenvalue weighted by Gasteiger charge is -2.36. The molecule has 0 aromatic heterocycles. The number of carbonyl (C=O) groups excluding carboxylic acids is 1. The molecule has 0 bridgehead atoms. The number of carbonyl (C=O) groups is 1. The monoisotopic (exact) mass is 324 g/mol. The molecule has 0 radical (unpaired) electrons. The van der Waals surface area contributed by atoms with E-state index in [4.69, 9.17) is 9.47 Å². The van der Waals surface area contributed by atoms with E-state index in [-0.39, 0.29) is 24.3 Å². The van der Waals surface area contributed by atoms with E-state index in [1.165, 1.54) is 5.56 Å². The van der Waals surface area contributed by atoms with Gasteiger partial charge in [-0.15, -0.1) is 0 Å². The summed E-state index contributed by atoms with van der Waals surface area (Å²) >= 11 is 0. The van der Waals surface area contributed by atoms with Crippen LogP contribution in [0.5, 0.6) is 0 Å². The normalized spacial score (nSPS) is 23.8. The van der Waals surface area contributed by atoms with Gasteiger partial charge in [-0.25, -0.2) is 0 Å². The molecule has 3 atom stereocenters. The van der Waals surface area contributed by atoms with Crippen LogP contribution in [0.2, 0.25) is 0 Å². The van der Waals surface area contributed by atoms with Crippen LogP contribution in [-0.4, -0.2) is 18.0 Å². The largest absolute Gasteiger partial charge is 0.345 e. The van der Waals surface area contributed by atoms with Crippen molar-refractivity contribution < 1.29 is 14.3 Å². The number of aryl methyl sites for hydroxylation is 1. The Hall–Kier alpha value is -1.97.